The van der Waals surface area contributed by atoms with Crippen LogP contribution in [0, 0.1) is 6.92 Å². The number of likely N-dealkylation sites (tertiary alicyclic amines) is 1. The van der Waals surface area contributed by atoms with Crippen molar-refractivity contribution in [1.29, 1.82) is 0 Å². The number of aliphatic hydroxyl groups is 1. The first-order chi connectivity index (χ1) is 14.4. The maximum absolute atomic E-state index is 13.0. The Morgan fingerprint density at radius 1 is 1.20 bits per heavy atom. The third-order valence-electron chi connectivity index (χ3n) is 5.84. The van der Waals surface area contributed by atoms with Gasteiger partial charge in [-0.3, -0.25) is 4.79 Å². The van der Waals surface area contributed by atoms with Crippen molar-refractivity contribution in [2.75, 3.05) is 34.4 Å². The minimum atomic E-state index is -0.360. The van der Waals surface area contributed by atoms with Crippen LogP contribution < -0.4 is 9.47 Å². The van der Waals surface area contributed by atoms with Crippen molar-refractivity contribution in [1.82, 2.24) is 4.90 Å². The summed E-state index contributed by atoms with van der Waals surface area (Å²) in [6.07, 6.45) is 3.89. The molecular formula is C24H29NO5. The molecule has 6 nitrogen and oxygen atoms in total. The van der Waals surface area contributed by atoms with Gasteiger partial charge in [-0.2, -0.15) is 0 Å². The molecule has 160 valence electrons. The highest BCUT2D eigenvalue weighted by atomic mass is 16.5. The van der Waals surface area contributed by atoms with E-state index in [0.29, 0.717) is 11.3 Å². The van der Waals surface area contributed by atoms with Crippen molar-refractivity contribution in [2.45, 2.75) is 25.3 Å². The highest BCUT2D eigenvalue weighted by Crippen LogP contribution is 2.47. The van der Waals surface area contributed by atoms with Crippen molar-refractivity contribution in [3.63, 3.8) is 0 Å². The van der Waals surface area contributed by atoms with E-state index >= 15 is 0 Å². The predicted octanol–water partition coefficient (Wildman–Crippen LogP) is 3.39. The van der Waals surface area contributed by atoms with Crippen LogP contribution >= 0.6 is 0 Å². The molecule has 0 radical (unpaired) electrons. The van der Waals surface area contributed by atoms with Crippen LogP contribution in [0.5, 0.6) is 17.2 Å². The van der Waals surface area contributed by atoms with Crippen molar-refractivity contribution >= 4 is 11.9 Å². The molecule has 1 saturated heterocycles. The van der Waals surface area contributed by atoms with Gasteiger partial charge in [-0.1, -0.05) is 35.9 Å². The number of likely N-dealkylation sites (N-methyl/N-ethyl adjacent to an activating group) is 1. The zero-order chi connectivity index (χ0) is 21.8. The molecule has 0 spiro atoms. The number of phenolic OH excluding ortho intramolecular Hbond substituents is 1. The van der Waals surface area contributed by atoms with E-state index < -0.39 is 0 Å². The molecule has 1 heterocycles. The number of aromatic hydroxyl groups is 1. The number of hydrogen-bond donors (Lipinski definition) is 2. The molecule has 2 N–H and O–H groups in total. The summed E-state index contributed by atoms with van der Waals surface area (Å²) in [5.74, 6) is 0.0263. The zero-order valence-electron chi connectivity index (χ0n) is 17.9. The lowest BCUT2D eigenvalue weighted by Gasteiger charge is -2.26. The number of aliphatic hydroxyl groups excluding tert-OH is 1. The number of carbonyl (C=O) groups is 1. The molecule has 2 aromatic rings. The van der Waals surface area contributed by atoms with E-state index in [2.05, 4.69) is 0 Å². The van der Waals surface area contributed by atoms with Gasteiger partial charge in [0.05, 0.1) is 20.8 Å². The van der Waals surface area contributed by atoms with Gasteiger partial charge in [0.15, 0.2) is 5.78 Å². The van der Waals surface area contributed by atoms with Crippen LogP contribution in [0.15, 0.2) is 36.4 Å². The topological polar surface area (TPSA) is 79.2 Å². The van der Waals surface area contributed by atoms with Crippen LogP contribution in [-0.4, -0.2) is 61.4 Å². The highest BCUT2D eigenvalue weighted by molar-refractivity contribution is 6.11. The van der Waals surface area contributed by atoms with Crippen molar-refractivity contribution < 1.29 is 24.5 Å². The second kappa shape index (κ2) is 9.32. The zero-order valence-corrected chi connectivity index (χ0v) is 17.9. The standard InChI is InChI=1S/C24H29NO5/c1-15-5-7-16(8-6-15)9-10-19(27)23-21(30-4)13-20(29-3)22(24(23)28)17-11-12-25(2)18(17)14-26/h5-10,13,17-18,26,28H,11-12,14H2,1-4H3. The molecule has 30 heavy (non-hydrogen) atoms. The number of benzene rings is 2. The van der Waals surface area contributed by atoms with Gasteiger partial charge in [0.2, 0.25) is 0 Å². The van der Waals surface area contributed by atoms with Gasteiger partial charge in [-0.15, -0.1) is 0 Å². The second-order valence-corrected chi connectivity index (χ2v) is 7.65. The lowest BCUT2D eigenvalue weighted by atomic mass is 9.87. The molecule has 6 heteroatoms. The molecule has 0 bridgehead atoms. The van der Waals surface area contributed by atoms with Crippen molar-refractivity contribution in [3.05, 3.63) is 58.7 Å². The minimum absolute atomic E-state index is 0.0492. The lowest BCUT2D eigenvalue weighted by Crippen LogP contribution is -2.32. The Hall–Kier alpha value is -2.83. The molecule has 3 rings (SSSR count). The Morgan fingerprint density at radius 3 is 2.47 bits per heavy atom. The third-order valence-corrected chi connectivity index (χ3v) is 5.84. The first-order valence-electron chi connectivity index (χ1n) is 9.99. The monoisotopic (exact) mass is 411 g/mol. The van der Waals surface area contributed by atoms with Crippen LogP contribution in [-0.2, 0) is 0 Å². The predicted molar refractivity (Wildman–Crippen MR) is 117 cm³/mol. The van der Waals surface area contributed by atoms with Crippen LogP contribution in [0.1, 0.15) is 39.4 Å². The Bertz CT molecular complexity index is 936. The second-order valence-electron chi connectivity index (χ2n) is 7.65. The first-order valence-corrected chi connectivity index (χ1v) is 9.99. The highest BCUT2D eigenvalue weighted by Gasteiger charge is 2.37. The molecule has 1 fully saturated rings. The summed E-state index contributed by atoms with van der Waals surface area (Å²) in [5.41, 5.74) is 2.66. The summed E-state index contributed by atoms with van der Waals surface area (Å²) < 4.78 is 10.9. The van der Waals surface area contributed by atoms with E-state index in [4.69, 9.17) is 9.47 Å². The number of rotatable bonds is 7. The molecule has 1 aliphatic rings. The quantitative estimate of drug-likeness (QED) is 0.537. The largest absolute Gasteiger partial charge is 0.507 e. The van der Waals surface area contributed by atoms with Crippen LogP contribution in [0.25, 0.3) is 6.08 Å². The number of ketones is 1. The maximum Gasteiger partial charge on any atom is 0.193 e. The molecule has 2 atom stereocenters. The average Bonchev–Trinajstić information content (AvgIpc) is 3.12. The van der Waals surface area contributed by atoms with E-state index in [9.17, 15) is 15.0 Å². The number of aryl methyl sites for hydroxylation is 1. The smallest absolute Gasteiger partial charge is 0.193 e. The van der Waals surface area contributed by atoms with Gasteiger partial charge in [0, 0.05) is 23.6 Å². The van der Waals surface area contributed by atoms with Crippen LogP contribution in [0.4, 0.5) is 0 Å². The van der Waals surface area contributed by atoms with E-state index in [1.165, 1.54) is 20.3 Å². The van der Waals surface area contributed by atoms with Gasteiger partial charge < -0.3 is 24.6 Å². The summed E-state index contributed by atoms with van der Waals surface area (Å²) >= 11 is 0. The molecule has 0 amide bonds. The van der Waals surface area contributed by atoms with E-state index in [0.717, 1.165) is 24.1 Å². The van der Waals surface area contributed by atoms with Crippen molar-refractivity contribution in [3.8, 4) is 17.2 Å². The fraction of sp³-hybridized carbons (Fsp3) is 0.375. The van der Waals surface area contributed by atoms with E-state index in [1.54, 1.807) is 12.1 Å². The first kappa shape index (κ1) is 21.9. The molecular weight excluding hydrogens is 382 g/mol. The third kappa shape index (κ3) is 4.20. The van der Waals surface area contributed by atoms with Gasteiger partial charge >= 0.3 is 0 Å². The number of phenols is 1. The number of nitrogens with zero attached hydrogens (tertiary/aromatic N) is 1. The van der Waals surface area contributed by atoms with Gasteiger partial charge in [-0.05, 0) is 38.6 Å². The van der Waals surface area contributed by atoms with E-state index in [1.807, 2.05) is 43.1 Å². The number of allylic oxidation sites excluding steroid dienone is 1. The summed E-state index contributed by atoms with van der Waals surface area (Å²) in [6, 6.07) is 9.27. The number of ether oxygens (including phenoxy) is 2. The molecule has 0 saturated carbocycles. The number of hydrogen-bond acceptors (Lipinski definition) is 6. The van der Waals surface area contributed by atoms with Crippen LogP contribution in [0.3, 0.4) is 0 Å². The Kier molecular flexibility index (Phi) is 6.80. The summed E-state index contributed by atoms with van der Waals surface area (Å²) in [4.78, 5) is 15.1. The van der Waals surface area contributed by atoms with Crippen molar-refractivity contribution in [2.24, 2.45) is 0 Å². The minimum Gasteiger partial charge on any atom is -0.507 e. The molecule has 1 aliphatic heterocycles. The molecule has 0 aliphatic carbocycles. The van der Waals surface area contributed by atoms with Gasteiger partial charge in [0.25, 0.3) is 0 Å². The SMILES string of the molecule is COc1cc(OC)c(C2CCN(C)C2CO)c(O)c1C(=O)C=Cc1ccc(C)cc1. The molecule has 2 aromatic carbocycles. The van der Waals surface area contributed by atoms with Crippen LogP contribution in [0.2, 0.25) is 0 Å². The summed E-state index contributed by atoms with van der Waals surface area (Å²) in [7, 11) is 4.90. The van der Waals surface area contributed by atoms with Gasteiger partial charge in [0.1, 0.15) is 22.8 Å². The number of carbonyl (C=O) groups excluding carboxylic acids is 1. The molecule has 2 unspecified atom stereocenters. The number of methoxy groups -OCH3 is 2. The maximum atomic E-state index is 13.0. The average molecular weight is 411 g/mol. The van der Waals surface area contributed by atoms with Gasteiger partial charge in [-0.25, -0.2) is 0 Å². The normalized spacial score (nSPS) is 19.4. The van der Waals surface area contributed by atoms with E-state index in [-0.39, 0.29) is 41.4 Å². The Labute approximate surface area is 177 Å². The molecule has 0 aromatic heterocycles. The Morgan fingerprint density at radius 2 is 1.87 bits per heavy atom. The fourth-order valence-corrected chi connectivity index (χ4v) is 4.11. The summed E-state index contributed by atoms with van der Waals surface area (Å²) in [5, 5.41) is 21.0. The lowest BCUT2D eigenvalue weighted by molar-refractivity contribution is 0.104. The Balaban J connectivity index is 2.05. The fourth-order valence-electron chi connectivity index (χ4n) is 4.11. The summed E-state index contributed by atoms with van der Waals surface area (Å²) in [6.45, 7) is 2.73.